The summed E-state index contributed by atoms with van der Waals surface area (Å²) >= 11 is 0. The van der Waals surface area contributed by atoms with E-state index in [1.807, 2.05) is 19.2 Å². The van der Waals surface area contributed by atoms with Crippen molar-refractivity contribution in [2.75, 3.05) is 23.3 Å². The molecule has 198 valence electrons. The van der Waals surface area contributed by atoms with Crippen LogP contribution in [0.4, 0.5) is 11.5 Å². The van der Waals surface area contributed by atoms with E-state index in [9.17, 15) is 9.59 Å². The Hall–Kier alpha value is -4.60. The van der Waals surface area contributed by atoms with Gasteiger partial charge in [-0.15, -0.1) is 5.10 Å². The van der Waals surface area contributed by atoms with Crippen LogP contribution >= 0.6 is 0 Å². The molecule has 2 aliphatic rings. The number of aryl methyl sites for hydroxylation is 1. The first-order valence-corrected chi connectivity index (χ1v) is 13.1. The molecule has 0 radical (unpaired) electrons. The predicted molar refractivity (Wildman–Crippen MR) is 148 cm³/mol. The number of fused-ring (bicyclic) bond motifs is 1. The van der Waals surface area contributed by atoms with Crippen LogP contribution in [-0.4, -0.2) is 61.4 Å². The number of amides is 1. The van der Waals surface area contributed by atoms with Crippen LogP contribution in [0, 0.1) is 6.92 Å². The van der Waals surface area contributed by atoms with Crippen LogP contribution < -0.4 is 10.2 Å². The van der Waals surface area contributed by atoms with Crippen molar-refractivity contribution in [3.63, 3.8) is 0 Å². The van der Waals surface area contributed by atoms with Gasteiger partial charge in [0.25, 0.3) is 0 Å². The first-order valence-electron chi connectivity index (χ1n) is 13.1. The van der Waals surface area contributed by atoms with E-state index in [4.69, 9.17) is 5.11 Å². The van der Waals surface area contributed by atoms with E-state index in [0.717, 1.165) is 37.2 Å². The SMILES string of the molecule is Cc1cc(N2CC[C@](C)(c3ccccc3)C2)cn2nc(C(=O)N=C3CCC3Nc3cccc(C(=O)O)n3)nc12. The Morgan fingerprint density at radius 3 is 2.69 bits per heavy atom. The van der Waals surface area contributed by atoms with Gasteiger partial charge in [-0.1, -0.05) is 43.3 Å². The molecule has 6 rings (SSSR count). The molecule has 1 unspecified atom stereocenters. The number of carbonyl (C=O) groups excluding carboxylic acids is 1. The van der Waals surface area contributed by atoms with Crippen molar-refractivity contribution in [2.45, 2.75) is 44.6 Å². The van der Waals surface area contributed by atoms with Gasteiger partial charge in [0.05, 0.1) is 17.9 Å². The van der Waals surface area contributed by atoms with Crippen molar-refractivity contribution in [3.8, 4) is 0 Å². The topological polar surface area (TPSA) is 125 Å². The molecule has 2 N–H and O–H groups in total. The van der Waals surface area contributed by atoms with E-state index in [2.05, 4.69) is 67.5 Å². The number of hydrogen-bond acceptors (Lipinski definition) is 7. The van der Waals surface area contributed by atoms with E-state index in [-0.39, 0.29) is 23.0 Å². The first-order chi connectivity index (χ1) is 18.8. The molecule has 3 aromatic heterocycles. The second-order valence-corrected chi connectivity index (χ2v) is 10.5. The Balaban J connectivity index is 1.19. The van der Waals surface area contributed by atoms with Gasteiger partial charge in [-0.2, -0.15) is 0 Å². The predicted octanol–water partition coefficient (Wildman–Crippen LogP) is 4.15. The maximum absolute atomic E-state index is 13.0. The summed E-state index contributed by atoms with van der Waals surface area (Å²) in [6.45, 7) is 6.11. The van der Waals surface area contributed by atoms with Gasteiger partial charge >= 0.3 is 11.9 Å². The number of benzene rings is 1. The van der Waals surface area contributed by atoms with Crippen molar-refractivity contribution in [2.24, 2.45) is 4.99 Å². The smallest absolute Gasteiger partial charge is 0.354 e. The fraction of sp³-hybridized carbons (Fsp3) is 0.310. The van der Waals surface area contributed by atoms with E-state index in [0.29, 0.717) is 23.6 Å². The van der Waals surface area contributed by atoms with Crippen molar-refractivity contribution >= 4 is 34.7 Å². The molecule has 0 bridgehead atoms. The molecule has 10 nitrogen and oxygen atoms in total. The highest BCUT2D eigenvalue weighted by Gasteiger charge is 2.35. The third-order valence-electron chi connectivity index (χ3n) is 7.73. The number of hydrogen-bond donors (Lipinski definition) is 2. The molecule has 39 heavy (non-hydrogen) atoms. The number of rotatable bonds is 6. The molecule has 2 fully saturated rings. The van der Waals surface area contributed by atoms with Crippen molar-refractivity contribution in [1.82, 2.24) is 19.6 Å². The number of nitrogens with one attached hydrogen (secondary N) is 1. The molecule has 2 atom stereocenters. The second-order valence-electron chi connectivity index (χ2n) is 10.5. The first kappa shape index (κ1) is 24.7. The molecule has 4 aromatic rings. The molecule has 1 saturated heterocycles. The summed E-state index contributed by atoms with van der Waals surface area (Å²) in [5.41, 5.74) is 4.66. The fourth-order valence-electron chi connectivity index (χ4n) is 5.35. The van der Waals surface area contributed by atoms with Gasteiger partial charge in [-0.3, -0.25) is 4.79 Å². The van der Waals surface area contributed by atoms with E-state index < -0.39 is 11.9 Å². The zero-order chi connectivity index (χ0) is 27.1. The number of pyridine rings is 2. The lowest BCUT2D eigenvalue weighted by molar-refractivity contribution is 0.0690. The highest BCUT2D eigenvalue weighted by molar-refractivity contribution is 6.07. The van der Waals surface area contributed by atoms with Gasteiger partial charge in [-0.05, 0) is 55.5 Å². The maximum atomic E-state index is 13.0. The summed E-state index contributed by atoms with van der Waals surface area (Å²) < 4.78 is 1.67. The van der Waals surface area contributed by atoms with Crippen LogP contribution in [-0.2, 0) is 5.41 Å². The number of nitrogens with zero attached hydrogens (tertiary/aromatic N) is 6. The zero-order valence-corrected chi connectivity index (χ0v) is 21.8. The Bertz CT molecular complexity index is 1610. The summed E-state index contributed by atoms with van der Waals surface area (Å²) in [5.74, 6) is -1.11. The molecule has 1 aliphatic heterocycles. The Morgan fingerprint density at radius 2 is 1.95 bits per heavy atom. The molecule has 1 amide bonds. The largest absolute Gasteiger partial charge is 0.477 e. The van der Waals surface area contributed by atoms with Crippen molar-refractivity contribution in [3.05, 3.63) is 83.4 Å². The normalized spacial score (nSPS) is 21.7. The molecule has 1 aliphatic carbocycles. The van der Waals surface area contributed by atoms with Crippen LogP contribution in [0.5, 0.6) is 0 Å². The molecule has 4 heterocycles. The average Bonchev–Trinajstić information content (AvgIpc) is 3.55. The van der Waals surface area contributed by atoms with Crippen molar-refractivity contribution < 1.29 is 14.7 Å². The molecule has 0 spiro atoms. The lowest BCUT2D eigenvalue weighted by Crippen LogP contribution is -2.39. The van der Waals surface area contributed by atoms with Crippen LogP contribution in [0.1, 0.15) is 58.4 Å². The van der Waals surface area contributed by atoms with Gasteiger partial charge < -0.3 is 15.3 Å². The molecule has 1 aromatic carbocycles. The summed E-state index contributed by atoms with van der Waals surface area (Å²) in [5, 5.41) is 16.8. The minimum absolute atomic E-state index is 0.0452. The average molecular weight is 524 g/mol. The van der Waals surface area contributed by atoms with Gasteiger partial charge in [0.2, 0.25) is 5.82 Å². The van der Waals surface area contributed by atoms with Gasteiger partial charge in [-0.25, -0.2) is 24.3 Å². The molecular formula is C29H29N7O3. The lowest BCUT2D eigenvalue weighted by Gasteiger charge is -2.29. The molecular weight excluding hydrogens is 494 g/mol. The summed E-state index contributed by atoms with van der Waals surface area (Å²) in [6.07, 6.45) is 4.42. The van der Waals surface area contributed by atoms with Crippen LogP contribution in [0.25, 0.3) is 5.65 Å². The Morgan fingerprint density at radius 1 is 1.13 bits per heavy atom. The van der Waals surface area contributed by atoms with Gasteiger partial charge in [0.15, 0.2) is 11.3 Å². The highest BCUT2D eigenvalue weighted by atomic mass is 16.4. The zero-order valence-electron chi connectivity index (χ0n) is 21.8. The molecule has 1 saturated carbocycles. The number of anilines is 2. The van der Waals surface area contributed by atoms with E-state index in [1.165, 1.54) is 11.6 Å². The highest BCUT2D eigenvalue weighted by Crippen LogP contribution is 2.36. The third-order valence-corrected chi connectivity index (χ3v) is 7.73. The monoisotopic (exact) mass is 523 g/mol. The quantitative estimate of drug-likeness (QED) is 0.386. The number of carboxylic acid groups (broad SMARTS) is 1. The lowest BCUT2D eigenvalue weighted by atomic mass is 9.82. The Kier molecular flexibility index (Phi) is 6.09. The minimum Gasteiger partial charge on any atom is -0.477 e. The van der Waals surface area contributed by atoms with Crippen LogP contribution in [0.15, 0.2) is 65.8 Å². The summed E-state index contributed by atoms with van der Waals surface area (Å²) in [4.78, 5) is 39.4. The van der Waals surface area contributed by atoms with Gasteiger partial charge in [0.1, 0.15) is 5.82 Å². The van der Waals surface area contributed by atoms with Gasteiger partial charge in [0, 0.05) is 24.2 Å². The Labute approximate surface area is 225 Å². The maximum Gasteiger partial charge on any atom is 0.354 e. The summed E-state index contributed by atoms with van der Waals surface area (Å²) in [6, 6.07) is 17.3. The molecule has 10 heteroatoms. The fourth-order valence-corrected chi connectivity index (χ4v) is 5.35. The summed E-state index contributed by atoms with van der Waals surface area (Å²) in [7, 11) is 0. The third kappa shape index (κ3) is 4.73. The second kappa shape index (κ2) is 9.61. The number of aromatic carboxylic acids is 1. The van der Waals surface area contributed by atoms with E-state index in [1.54, 1.807) is 16.6 Å². The number of carboxylic acids is 1. The number of aliphatic imine (C=N–C) groups is 1. The number of carbonyl (C=O) groups is 2. The number of aromatic nitrogens is 4. The standard InChI is InChI=1S/C29H29N7O3/c1-18-15-20(35-14-13-29(2,17-35)19-7-4-3-5-8-19)16-36-26(18)33-25(34-36)27(37)32-22-12-11-21(22)30-24-10-6-9-23(31-24)28(38)39/h3-10,15-16,21H,11-14,17H2,1-2H3,(H,30,31)(H,38,39)/t21?,29-/m0/s1. The van der Waals surface area contributed by atoms with Crippen LogP contribution in [0.3, 0.4) is 0 Å². The minimum atomic E-state index is -1.09. The van der Waals surface area contributed by atoms with Crippen molar-refractivity contribution in [1.29, 1.82) is 0 Å². The van der Waals surface area contributed by atoms with E-state index >= 15 is 0 Å². The van der Waals surface area contributed by atoms with Crippen LogP contribution in [0.2, 0.25) is 0 Å².